The molecule has 29 heavy (non-hydrogen) atoms. The zero-order chi connectivity index (χ0) is 20.6. The van der Waals surface area contributed by atoms with Gasteiger partial charge in [0.15, 0.2) is 5.16 Å². The number of hydrogen-bond donors (Lipinski definition) is 1. The maximum Gasteiger partial charge on any atom is 0.230 e. The van der Waals surface area contributed by atoms with Crippen LogP contribution in [0.5, 0.6) is 5.75 Å². The first-order chi connectivity index (χ1) is 14.1. The van der Waals surface area contributed by atoms with Gasteiger partial charge in [-0.1, -0.05) is 54.2 Å². The largest absolute Gasteiger partial charge is 0.497 e. The van der Waals surface area contributed by atoms with Gasteiger partial charge in [-0.05, 0) is 37.1 Å². The van der Waals surface area contributed by atoms with Crippen LogP contribution in [0.1, 0.15) is 36.8 Å². The molecule has 0 bridgehead atoms. The topological polar surface area (TPSA) is 69.0 Å². The predicted octanol–water partition coefficient (Wildman–Crippen LogP) is 3.87. The second kappa shape index (κ2) is 10.1. The molecule has 0 spiro atoms. The minimum Gasteiger partial charge on any atom is -0.497 e. The number of rotatable bonds is 9. The lowest BCUT2D eigenvalue weighted by molar-refractivity contribution is -0.119. The molecule has 0 fully saturated rings. The number of nitrogens with zero attached hydrogens (tertiary/aromatic N) is 3. The number of nitrogens with one attached hydrogen (secondary N) is 1. The third-order valence-electron chi connectivity index (χ3n) is 4.64. The first-order valence-corrected chi connectivity index (χ1v) is 10.6. The molecule has 1 amide bonds. The molecule has 0 unspecified atom stereocenters. The number of carbonyl (C=O) groups is 1. The molecule has 3 aromatic rings. The number of benzene rings is 2. The van der Waals surface area contributed by atoms with E-state index in [0.717, 1.165) is 34.4 Å². The summed E-state index contributed by atoms with van der Waals surface area (Å²) < 4.78 is 7.26. The van der Waals surface area contributed by atoms with Crippen molar-refractivity contribution in [1.82, 2.24) is 20.1 Å². The third-order valence-corrected chi connectivity index (χ3v) is 5.61. The molecule has 3 rings (SSSR count). The Balaban J connectivity index is 1.58. The molecule has 1 N–H and O–H groups in total. The van der Waals surface area contributed by atoms with Crippen molar-refractivity contribution < 1.29 is 9.53 Å². The standard InChI is InChI=1S/C22H26N4O2S/c1-4-26-20(14-17-10-12-19(28-3)13-11-17)24-25-22(26)29-15-21(27)23-16(2)18-8-6-5-7-9-18/h5-13,16H,4,14-15H2,1-3H3,(H,23,27)/t16-/m1/s1. The van der Waals surface area contributed by atoms with E-state index in [4.69, 9.17) is 4.74 Å². The number of carbonyl (C=O) groups excluding carboxylic acids is 1. The Hall–Kier alpha value is -2.80. The molecule has 2 aromatic carbocycles. The van der Waals surface area contributed by atoms with Crippen molar-refractivity contribution in [1.29, 1.82) is 0 Å². The second-order valence-corrected chi connectivity index (χ2v) is 7.60. The van der Waals surface area contributed by atoms with Crippen LogP contribution in [0, 0.1) is 0 Å². The Bertz CT molecular complexity index is 926. The SMILES string of the molecule is CCn1c(Cc2ccc(OC)cc2)nnc1SCC(=O)N[C@H](C)c1ccccc1. The van der Waals surface area contributed by atoms with Crippen molar-refractivity contribution in [2.75, 3.05) is 12.9 Å². The molecule has 7 heteroatoms. The Labute approximate surface area is 175 Å². The lowest BCUT2D eigenvalue weighted by atomic mass is 10.1. The van der Waals surface area contributed by atoms with E-state index >= 15 is 0 Å². The van der Waals surface area contributed by atoms with E-state index in [-0.39, 0.29) is 11.9 Å². The minimum absolute atomic E-state index is 0.0197. The fourth-order valence-electron chi connectivity index (χ4n) is 3.04. The quantitative estimate of drug-likeness (QED) is 0.543. The zero-order valence-corrected chi connectivity index (χ0v) is 17.8. The number of methoxy groups -OCH3 is 1. The predicted molar refractivity (Wildman–Crippen MR) is 115 cm³/mol. The van der Waals surface area contributed by atoms with E-state index in [0.29, 0.717) is 12.2 Å². The number of thioether (sulfide) groups is 1. The Morgan fingerprint density at radius 1 is 1.14 bits per heavy atom. The van der Waals surface area contributed by atoms with E-state index in [1.165, 1.54) is 11.8 Å². The molecule has 0 saturated carbocycles. The van der Waals surface area contributed by atoms with Crippen molar-refractivity contribution in [3.05, 3.63) is 71.5 Å². The fraction of sp³-hybridized carbons (Fsp3) is 0.318. The van der Waals surface area contributed by atoms with E-state index in [1.807, 2.05) is 61.5 Å². The molecule has 1 aromatic heterocycles. The minimum atomic E-state index is -0.0287. The average Bonchev–Trinajstić information content (AvgIpc) is 3.14. The van der Waals surface area contributed by atoms with E-state index < -0.39 is 0 Å². The summed E-state index contributed by atoms with van der Waals surface area (Å²) in [7, 11) is 1.66. The molecule has 0 radical (unpaired) electrons. The van der Waals surface area contributed by atoms with Crippen molar-refractivity contribution in [3.8, 4) is 5.75 Å². The highest BCUT2D eigenvalue weighted by Gasteiger charge is 2.15. The molecule has 1 atom stereocenters. The van der Waals surface area contributed by atoms with Gasteiger partial charge in [0.2, 0.25) is 5.91 Å². The molecule has 6 nitrogen and oxygen atoms in total. The van der Waals surface area contributed by atoms with Crippen LogP contribution in [0.2, 0.25) is 0 Å². The first-order valence-electron chi connectivity index (χ1n) is 9.62. The maximum absolute atomic E-state index is 12.4. The van der Waals surface area contributed by atoms with Crippen molar-refractivity contribution >= 4 is 17.7 Å². The summed E-state index contributed by atoms with van der Waals surface area (Å²) in [5, 5.41) is 12.4. The van der Waals surface area contributed by atoms with E-state index in [9.17, 15) is 4.79 Å². The summed E-state index contributed by atoms with van der Waals surface area (Å²) in [6.45, 7) is 4.80. The van der Waals surface area contributed by atoms with Crippen LogP contribution in [0.25, 0.3) is 0 Å². The van der Waals surface area contributed by atoms with Crippen LogP contribution in [-0.4, -0.2) is 33.5 Å². The van der Waals surface area contributed by atoms with E-state index in [2.05, 4.69) is 27.0 Å². The van der Waals surface area contributed by atoms with Crippen LogP contribution in [-0.2, 0) is 17.8 Å². The Morgan fingerprint density at radius 3 is 2.52 bits per heavy atom. The monoisotopic (exact) mass is 410 g/mol. The van der Waals surface area contributed by atoms with Gasteiger partial charge in [-0.25, -0.2) is 0 Å². The molecular weight excluding hydrogens is 384 g/mol. The second-order valence-electron chi connectivity index (χ2n) is 6.66. The molecule has 1 heterocycles. The molecule has 0 saturated heterocycles. The van der Waals surface area contributed by atoms with Gasteiger partial charge < -0.3 is 14.6 Å². The lowest BCUT2D eigenvalue weighted by Crippen LogP contribution is -2.28. The normalized spacial score (nSPS) is 11.8. The van der Waals surface area contributed by atoms with Crippen molar-refractivity contribution in [2.24, 2.45) is 0 Å². The number of ether oxygens (including phenoxy) is 1. The number of amides is 1. The maximum atomic E-state index is 12.4. The van der Waals surface area contributed by atoms with Gasteiger partial charge in [0.05, 0.1) is 18.9 Å². The number of aromatic nitrogens is 3. The summed E-state index contributed by atoms with van der Waals surface area (Å²) in [6.07, 6.45) is 0.683. The number of hydrogen-bond acceptors (Lipinski definition) is 5. The highest BCUT2D eigenvalue weighted by Crippen LogP contribution is 2.20. The molecule has 0 aliphatic heterocycles. The summed E-state index contributed by atoms with van der Waals surface area (Å²) in [6, 6.07) is 17.8. The fourth-order valence-corrected chi connectivity index (χ4v) is 3.87. The van der Waals surface area contributed by atoms with Crippen LogP contribution >= 0.6 is 11.8 Å². The van der Waals surface area contributed by atoms with Crippen LogP contribution < -0.4 is 10.1 Å². The van der Waals surface area contributed by atoms with Crippen molar-refractivity contribution in [3.63, 3.8) is 0 Å². The van der Waals surface area contributed by atoms with Gasteiger partial charge in [-0.3, -0.25) is 4.79 Å². The van der Waals surface area contributed by atoms with Crippen LogP contribution in [0.15, 0.2) is 59.8 Å². The summed E-state index contributed by atoms with van der Waals surface area (Å²) in [4.78, 5) is 12.4. The van der Waals surface area contributed by atoms with Gasteiger partial charge >= 0.3 is 0 Å². The van der Waals surface area contributed by atoms with Gasteiger partial charge in [-0.15, -0.1) is 10.2 Å². The van der Waals surface area contributed by atoms with Gasteiger partial charge in [0, 0.05) is 13.0 Å². The summed E-state index contributed by atoms with van der Waals surface area (Å²) in [5.41, 5.74) is 2.23. The van der Waals surface area contributed by atoms with Crippen LogP contribution in [0.4, 0.5) is 0 Å². The van der Waals surface area contributed by atoms with Crippen LogP contribution in [0.3, 0.4) is 0 Å². The molecular formula is C22H26N4O2S. The molecule has 152 valence electrons. The Morgan fingerprint density at radius 2 is 1.86 bits per heavy atom. The zero-order valence-electron chi connectivity index (χ0n) is 17.0. The molecule has 0 aliphatic rings. The summed E-state index contributed by atoms with van der Waals surface area (Å²) >= 11 is 1.41. The lowest BCUT2D eigenvalue weighted by Gasteiger charge is -2.14. The highest BCUT2D eigenvalue weighted by atomic mass is 32.2. The smallest absolute Gasteiger partial charge is 0.230 e. The van der Waals surface area contributed by atoms with Crippen molar-refractivity contribution in [2.45, 2.75) is 38.0 Å². The highest BCUT2D eigenvalue weighted by molar-refractivity contribution is 7.99. The van der Waals surface area contributed by atoms with Gasteiger partial charge in [-0.2, -0.15) is 0 Å². The van der Waals surface area contributed by atoms with Gasteiger partial charge in [0.1, 0.15) is 11.6 Å². The van der Waals surface area contributed by atoms with Gasteiger partial charge in [0.25, 0.3) is 0 Å². The van der Waals surface area contributed by atoms with E-state index in [1.54, 1.807) is 7.11 Å². The average molecular weight is 411 g/mol. The summed E-state index contributed by atoms with van der Waals surface area (Å²) in [5.74, 6) is 2.00. The first kappa shape index (κ1) is 20.9. The Kier molecular flexibility index (Phi) is 7.30. The third kappa shape index (κ3) is 5.60. The molecule has 0 aliphatic carbocycles.